The Morgan fingerprint density at radius 1 is 1.32 bits per heavy atom. The van der Waals surface area contributed by atoms with Crippen LogP contribution in [-0.2, 0) is 11.3 Å². The van der Waals surface area contributed by atoms with Crippen molar-refractivity contribution in [2.75, 3.05) is 37.7 Å². The highest BCUT2D eigenvalue weighted by Crippen LogP contribution is 2.34. The molecule has 1 atom stereocenters. The Morgan fingerprint density at radius 2 is 2.24 bits per heavy atom. The predicted molar refractivity (Wildman–Crippen MR) is 91.0 cm³/mol. The Labute approximate surface area is 147 Å². The summed E-state index contributed by atoms with van der Waals surface area (Å²) in [6.45, 7) is 7.09. The fourth-order valence-electron chi connectivity index (χ4n) is 3.25. The van der Waals surface area contributed by atoms with E-state index in [4.69, 9.17) is 4.74 Å². The Hall–Kier alpha value is -2.13. The van der Waals surface area contributed by atoms with Crippen LogP contribution >= 0.6 is 0 Å². The molecular formula is C16H24N8O. The van der Waals surface area contributed by atoms with E-state index in [1.165, 1.54) is 12.8 Å². The second kappa shape index (κ2) is 7.40. The van der Waals surface area contributed by atoms with Crippen molar-refractivity contribution in [2.45, 2.75) is 38.5 Å². The molecule has 2 aromatic rings. The van der Waals surface area contributed by atoms with Crippen LogP contribution in [0.3, 0.4) is 0 Å². The summed E-state index contributed by atoms with van der Waals surface area (Å²) in [7, 11) is 0. The molecule has 1 saturated heterocycles. The van der Waals surface area contributed by atoms with Crippen molar-refractivity contribution in [3.63, 3.8) is 0 Å². The average Bonchev–Trinajstić information content (AvgIpc) is 3.40. The number of rotatable bonds is 7. The summed E-state index contributed by atoms with van der Waals surface area (Å²) in [5.74, 6) is 1.85. The van der Waals surface area contributed by atoms with Crippen molar-refractivity contribution in [3.05, 3.63) is 24.2 Å². The van der Waals surface area contributed by atoms with Crippen LogP contribution in [0.2, 0.25) is 0 Å². The lowest BCUT2D eigenvalue weighted by Crippen LogP contribution is -2.47. The maximum absolute atomic E-state index is 5.98. The first-order valence-electron chi connectivity index (χ1n) is 8.97. The Kier molecular flexibility index (Phi) is 4.84. The van der Waals surface area contributed by atoms with Crippen molar-refractivity contribution in [1.29, 1.82) is 0 Å². The molecule has 0 radical (unpaired) electrons. The molecule has 0 aromatic carbocycles. The molecule has 1 aliphatic carbocycles. The first kappa shape index (κ1) is 16.3. The normalized spacial score (nSPS) is 21.4. The molecule has 0 unspecified atom stereocenters. The molecule has 3 heterocycles. The number of likely N-dealkylation sites (N-methyl/N-ethyl adjacent to an activating group) is 1. The quantitative estimate of drug-likeness (QED) is 0.719. The summed E-state index contributed by atoms with van der Waals surface area (Å²) in [5.41, 5.74) is 0. The topological polar surface area (TPSA) is 85.1 Å². The third-order valence-corrected chi connectivity index (χ3v) is 4.73. The molecule has 4 rings (SSSR count). The summed E-state index contributed by atoms with van der Waals surface area (Å²) < 4.78 is 7.97. The van der Waals surface area contributed by atoms with Crippen LogP contribution in [-0.4, -0.2) is 74.2 Å². The number of anilines is 1. The highest BCUT2D eigenvalue weighted by Gasteiger charge is 2.29. The molecule has 0 spiro atoms. The van der Waals surface area contributed by atoms with Gasteiger partial charge in [0.05, 0.1) is 25.3 Å². The van der Waals surface area contributed by atoms with Gasteiger partial charge in [-0.2, -0.15) is 5.10 Å². The van der Waals surface area contributed by atoms with Gasteiger partial charge in [-0.3, -0.25) is 4.90 Å². The van der Waals surface area contributed by atoms with Gasteiger partial charge < -0.3 is 9.64 Å². The first-order chi connectivity index (χ1) is 12.3. The minimum absolute atomic E-state index is 0.140. The molecule has 25 heavy (non-hydrogen) atoms. The largest absolute Gasteiger partial charge is 0.374 e. The van der Waals surface area contributed by atoms with Gasteiger partial charge in [-0.15, -0.1) is 10.2 Å². The van der Waals surface area contributed by atoms with Gasteiger partial charge in [0, 0.05) is 32.4 Å². The summed E-state index contributed by atoms with van der Waals surface area (Å²) in [6.07, 6.45) is 4.21. The number of nitrogens with zero attached hydrogens (tertiary/aromatic N) is 8. The molecule has 2 aromatic heterocycles. The number of aromatic nitrogens is 6. The van der Waals surface area contributed by atoms with Gasteiger partial charge in [-0.1, -0.05) is 0 Å². The van der Waals surface area contributed by atoms with Crippen LogP contribution < -0.4 is 4.90 Å². The van der Waals surface area contributed by atoms with Crippen molar-refractivity contribution in [2.24, 2.45) is 0 Å². The van der Waals surface area contributed by atoms with E-state index in [9.17, 15) is 0 Å². The van der Waals surface area contributed by atoms with E-state index in [0.717, 1.165) is 51.0 Å². The van der Waals surface area contributed by atoms with E-state index < -0.39 is 0 Å². The monoisotopic (exact) mass is 344 g/mol. The second-order valence-electron chi connectivity index (χ2n) is 6.62. The molecule has 2 fully saturated rings. The van der Waals surface area contributed by atoms with Crippen LogP contribution in [0.1, 0.15) is 31.6 Å². The molecule has 0 bridgehead atoms. The third kappa shape index (κ3) is 3.93. The van der Waals surface area contributed by atoms with Crippen molar-refractivity contribution < 1.29 is 4.74 Å². The standard InChI is InChI=1S/C16H24N8O/c1-2-23(15-4-3-7-17-18-15)11-14-10-22(8-9-25-14)12-16-19-20-21-24(16)13-5-6-13/h3-4,7,13-14H,2,5-6,8-12H2,1H3/t14-/m0/s1. The molecule has 1 saturated carbocycles. The van der Waals surface area contributed by atoms with Crippen LogP contribution in [0, 0.1) is 0 Å². The SMILES string of the molecule is CCN(C[C@@H]1CN(Cc2nnnn2C2CC2)CCO1)c1cccnn1. The van der Waals surface area contributed by atoms with E-state index in [-0.39, 0.29) is 6.10 Å². The molecule has 2 aliphatic rings. The minimum Gasteiger partial charge on any atom is -0.374 e. The summed E-state index contributed by atoms with van der Waals surface area (Å²) in [4.78, 5) is 4.58. The summed E-state index contributed by atoms with van der Waals surface area (Å²) in [6, 6.07) is 4.41. The van der Waals surface area contributed by atoms with Crippen molar-refractivity contribution >= 4 is 5.82 Å². The molecule has 0 N–H and O–H groups in total. The molecule has 1 aliphatic heterocycles. The zero-order valence-corrected chi connectivity index (χ0v) is 14.5. The fourth-order valence-corrected chi connectivity index (χ4v) is 3.25. The summed E-state index contributed by atoms with van der Waals surface area (Å²) >= 11 is 0. The Morgan fingerprint density at radius 3 is 3.00 bits per heavy atom. The predicted octanol–water partition coefficient (Wildman–Crippen LogP) is 0.525. The van der Waals surface area contributed by atoms with E-state index in [1.807, 2.05) is 16.8 Å². The number of hydrogen-bond acceptors (Lipinski definition) is 8. The van der Waals surface area contributed by atoms with Gasteiger partial charge in [-0.25, -0.2) is 4.68 Å². The number of tetrazole rings is 1. The van der Waals surface area contributed by atoms with Crippen molar-refractivity contribution in [1.82, 2.24) is 35.3 Å². The van der Waals surface area contributed by atoms with Gasteiger partial charge in [0.1, 0.15) is 0 Å². The van der Waals surface area contributed by atoms with Gasteiger partial charge in [-0.05, 0) is 42.3 Å². The van der Waals surface area contributed by atoms with Gasteiger partial charge in [0.15, 0.2) is 11.6 Å². The van der Waals surface area contributed by atoms with Crippen LogP contribution in [0.5, 0.6) is 0 Å². The minimum atomic E-state index is 0.140. The zero-order chi connectivity index (χ0) is 17.1. The third-order valence-electron chi connectivity index (χ3n) is 4.73. The highest BCUT2D eigenvalue weighted by atomic mass is 16.5. The number of ether oxygens (including phenoxy) is 1. The molecule has 0 amide bonds. The molecule has 9 heteroatoms. The van der Waals surface area contributed by atoms with Gasteiger partial charge in [0.25, 0.3) is 0 Å². The Balaban J connectivity index is 1.36. The molecule has 9 nitrogen and oxygen atoms in total. The highest BCUT2D eigenvalue weighted by molar-refractivity contribution is 5.36. The van der Waals surface area contributed by atoms with E-state index in [0.29, 0.717) is 6.04 Å². The first-order valence-corrected chi connectivity index (χ1v) is 8.97. The second-order valence-corrected chi connectivity index (χ2v) is 6.62. The smallest absolute Gasteiger partial charge is 0.165 e. The fraction of sp³-hybridized carbons (Fsp3) is 0.688. The molecular weight excluding hydrogens is 320 g/mol. The Bertz CT molecular complexity index is 674. The van der Waals surface area contributed by atoms with Crippen LogP contribution in [0.4, 0.5) is 5.82 Å². The number of morpholine rings is 1. The van der Waals surface area contributed by atoms with E-state index >= 15 is 0 Å². The van der Waals surface area contributed by atoms with E-state index in [2.05, 4.69) is 42.4 Å². The van der Waals surface area contributed by atoms with Crippen LogP contribution in [0.15, 0.2) is 18.3 Å². The maximum atomic E-state index is 5.98. The maximum Gasteiger partial charge on any atom is 0.165 e. The van der Waals surface area contributed by atoms with Crippen LogP contribution in [0.25, 0.3) is 0 Å². The number of hydrogen-bond donors (Lipinski definition) is 0. The lowest BCUT2D eigenvalue weighted by Gasteiger charge is -2.35. The zero-order valence-electron chi connectivity index (χ0n) is 14.5. The molecule has 134 valence electrons. The van der Waals surface area contributed by atoms with Crippen molar-refractivity contribution in [3.8, 4) is 0 Å². The average molecular weight is 344 g/mol. The van der Waals surface area contributed by atoms with Gasteiger partial charge in [0.2, 0.25) is 0 Å². The lowest BCUT2D eigenvalue weighted by atomic mass is 10.2. The summed E-state index contributed by atoms with van der Waals surface area (Å²) in [5, 5.41) is 20.4. The van der Waals surface area contributed by atoms with Gasteiger partial charge >= 0.3 is 0 Å². The van der Waals surface area contributed by atoms with E-state index in [1.54, 1.807) is 6.20 Å². The lowest BCUT2D eigenvalue weighted by molar-refractivity contribution is -0.0280.